The molecule has 1 aliphatic rings. The Morgan fingerprint density at radius 1 is 0.524 bits per heavy atom. The molecule has 1 aliphatic carbocycles. The van der Waals surface area contributed by atoms with Gasteiger partial charge < -0.3 is 20.9 Å². The van der Waals surface area contributed by atoms with Crippen LogP contribution in [0.15, 0.2) is 84.9 Å². The summed E-state index contributed by atoms with van der Waals surface area (Å²) < 4.78 is 12.9. The van der Waals surface area contributed by atoms with E-state index in [9.17, 15) is 0 Å². The molecule has 5 rings (SSSR count). The maximum atomic E-state index is 6.44. The van der Waals surface area contributed by atoms with Crippen molar-refractivity contribution in [3.8, 4) is 23.0 Å². The number of benzene rings is 4. The normalized spacial score (nSPS) is 15.3. The van der Waals surface area contributed by atoms with Crippen LogP contribution in [0.25, 0.3) is 0 Å². The molecule has 0 radical (unpaired) electrons. The highest BCUT2D eigenvalue weighted by Gasteiger charge is 2.38. The smallest absolute Gasteiger partial charge is 0.131 e. The van der Waals surface area contributed by atoms with Crippen molar-refractivity contribution in [3.63, 3.8) is 0 Å². The van der Waals surface area contributed by atoms with Crippen molar-refractivity contribution in [2.24, 2.45) is 0 Å². The Balaban J connectivity index is 1.60. The topological polar surface area (TPSA) is 70.5 Å². The van der Waals surface area contributed by atoms with Gasteiger partial charge in [0.1, 0.15) is 23.0 Å². The molecule has 0 aliphatic heterocycles. The molecular formula is C38H46N2O2. The molecule has 0 amide bonds. The average Bonchev–Trinajstić information content (AvgIpc) is 2.95. The van der Waals surface area contributed by atoms with Crippen LogP contribution in [0.2, 0.25) is 0 Å². The molecule has 42 heavy (non-hydrogen) atoms. The lowest BCUT2D eigenvalue weighted by Gasteiger charge is -2.40. The van der Waals surface area contributed by atoms with E-state index in [0.717, 1.165) is 47.2 Å². The van der Waals surface area contributed by atoms with Crippen molar-refractivity contribution >= 4 is 11.4 Å². The minimum atomic E-state index is -0.0949. The molecule has 4 aromatic carbocycles. The van der Waals surface area contributed by atoms with Crippen LogP contribution < -0.4 is 20.9 Å². The lowest BCUT2D eigenvalue weighted by molar-refractivity contribution is 0.343. The number of hydrogen-bond acceptors (Lipinski definition) is 4. The van der Waals surface area contributed by atoms with E-state index in [1.165, 1.54) is 41.5 Å². The van der Waals surface area contributed by atoms with E-state index in [1.807, 2.05) is 48.5 Å². The van der Waals surface area contributed by atoms with Gasteiger partial charge in [-0.15, -0.1) is 0 Å². The molecule has 0 atom stereocenters. The number of ether oxygens (including phenoxy) is 2. The first-order valence-corrected chi connectivity index (χ1v) is 15.2. The zero-order valence-electron chi connectivity index (χ0n) is 26.1. The SMILES string of the molecule is CC(C)(C)c1cc(C2(c3ccc(Oc4ccc(N)cc4)c(C(C)(C)C)c3)CCCCC2)ccc1Oc1ccc(N)cc1. The summed E-state index contributed by atoms with van der Waals surface area (Å²) in [6.07, 6.45) is 5.94. The third-order valence-corrected chi connectivity index (χ3v) is 8.60. The van der Waals surface area contributed by atoms with E-state index >= 15 is 0 Å². The second-order valence-electron chi connectivity index (χ2n) is 13.9. The van der Waals surface area contributed by atoms with E-state index in [2.05, 4.69) is 77.9 Å². The lowest BCUT2D eigenvalue weighted by Crippen LogP contribution is -2.31. The molecule has 0 bridgehead atoms. The van der Waals surface area contributed by atoms with E-state index < -0.39 is 0 Å². The van der Waals surface area contributed by atoms with Gasteiger partial charge in [-0.3, -0.25) is 0 Å². The quantitative estimate of drug-likeness (QED) is 0.229. The van der Waals surface area contributed by atoms with Gasteiger partial charge >= 0.3 is 0 Å². The summed E-state index contributed by atoms with van der Waals surface area (Å²) in [5.74, 6) is 3.37. The zero-order valence-corrected chi connectivity index (χ0v) is 26.1. The average molecular weight is 563 g/mol. The molecule has 0 spiro atoms. The van der Waals surface area contributed by atoms with Crippen LogP contribution in [0.4, 0.5) is 11.4 Å². The van der Waals surface area contributed by atoms with Crippen molar-refractivity contribution in [1.29, 1.82) is 0 Å². The summed E-state index contributed by atoms with van der Waals surface area (Å²) in [4.78, 5) is 0. The molecule has 4 aromatic rings. The second kappa shape index (κ2) is 11.4. The van der Waals surface area contributed by atoms with E-state index in [4.69, 9.17) is 20.9 Å². The van der Waals surface area contributed by atoms with E-state index in [0.29, 0.717) is 0 Å². The summed E-state index contributed by atoms with van der Waals surface area (Å²) in [5, 5.41) is 0. The number of rotatable bonds is 6. The van der Waals surface area contributed by atoms with Crippen LogP contribution in [0.3, 0.4) is 0 Å². The van der Waals surface area contributed by atoms with Crippen molar-refractivity contribution in [2.75, 3.05) is 11.5 Å². The van der Waals surface area contributed by atoms with Crippen molar-refractivity contribution in [1.82, 2.24) is 0 Å². The third kappa shape index (κ3) is 6.28. The molecule has 0 heterocycles. The van der Waals surface area contributed by atoms with E-state index in [-0.39, 0.29) is 16.2 Å². The van der Waals surface area contributed by atoms with Crippen molar-refractivity contribution in [3.05, 3.63) is 107 Å². The van der Waals surface area contributed by atoms with Crippen LogP contribution in [0.5, 0.6) is 23.0 Å². The van der Waals surface area contributed by atoms with Gasteiger partial charge in [0.25, 0.3) is 0 Å². The Kier molecular flexibility index (Phi) is 8.02. The zero-order chi connectivity index (χ0) is 30.1. The maximum Gasteiger partial charge on any atom is 0.131 e. The van der Waals surface area contributed by atoms with E-state index in [1.54, 1.807) is 0 Å². The minimum Gasteiger partial charge on any atom is -0.457 e. The second-order valence-corrected chi connectivity index (χ2v) is 13.9. The monoisotopic (exact) mass is 562 g/mol. The highest BCUT2D eigenvalue weighted by Crippen LogP contribution is 2.49. The number of nitrogens with two attached hydrogens (primary N) is 2. The fourth-order valence-corrected chi connectivity index (χ4v) is 6.23. The molecule has 4 N–H and O–H groups in total. The van der Waals surface area contributed by atoms with Crippen LogP contribution in [0, 0.1) is 0 Å². The number of hydrogen-bond donors (Lipinski definition) is 2. The fraction of sp³-hybridized carbons (Fsp3) is 0.368. The Morgan fingerprint density at radius 3 is 1.26 bits per heavy atom. The van der Waals surface area contributed by atoms with Gasteiger partial charge in [0.2, 0.25) is 0 Å². The molecular weight excluding hydrogens is 516 g/mol. The van der Waals surface area contributed by atoms with Crippen LogP contribution in [-0.2, 0) is 16.2 Å². The fourth-order valence-electron chi connectivity index (χ4n) is 6.23. The summed E-state index contributed by atoms with van der Waals surface area (Å²) >= 11 is 0. The van der Waals surface area contributed by atoms with Gasteiger partial charge in [0.05, 0.1) is 0 Å². The number of anilines is 2. The predicted molar refractivity (Wildman–Crippen MR) is 176 cm³/mol. The largest absolute Gasteiger partial charge is 0.457 e. The predicted octanol–water partition coefficient (Wildman–Crippen LogP) is 10.3. The van der Waals surface area contributed by atoms with Crippen LogP contribution in [-0.4, -0.2) is 0 Å². The van der Waals surface area contributed by atoms with Crippen LogP contribution >= 0.6 is 0 Å². The Hall–Kier alpha value is -3.92. The summed E-state index contributed by atoms with van der Waals surface area (Å²) in [5.41, 5.74) is 18.2. The van der Waals surface area contributed by atoms with Gasteiger partial charge in [-0.25, -0.2) is 0 Å². The first-order valence-electron chi connectivity index (χ1n) is 15.2. The molecule has 0 unspecified atom stereocenters. The maximum absolute atomic E-state index is 6.44. The van der Waals surface area contributed by atoms with Crippen molar-refractivity contribution < 1.29 is 9.47 Å². The van der Waals surface area contributed by atoms with Gasteiger partial charge in [-0.05, 0) is 95.5 Å². The first kappa shape index (κ1) is 29.6. The van der Waals surface area contributed by atoms with Gasteiger partial charge in [0, 0.05) is 27.9 Å². The summed E-state index contributed by atoms with van der Waals surface area (Å²) in [6.45, 7) is 13.6. The van der Waals surface area contributed by atoms with Gasteiger partial charge in [0.15, 0.2) is 0 Å². The Labute approximate surface area is 252 Å². The van der Waals surface area contributed by atoms with Gasteiger partial charge in [-0.2, -0.15) is 0 Å². The highest BCUT2D eigenvalue weighted by atomic mass is 16.5. The molecule has 1 fully saturated rings. The minimum absolute atomic E-state index is 0.0717. The molecule has 220 valence electrons. The third-order valence-electron chi connectivity index (χ3n) is 8.60. The number of nitrogen functional groups attached to an aromatic ring is 2. The Morgan fingerprint density at radius 2 is 0.905 bits per heavy atom. The van der Waals surface area contributed by atoms with Gasteiger partial charge in [-0.1, -0.05) is 85.1 Å². The first-order chi connectivity index (χ1) is 19.8. The summed E-state index contributed by atoms with van der Waals surface area (Å²) in [6, 6.07) is 29.0. The molecule has 4 nitrogen and oxygen atoms in total. The summed E-state index contributed by atoms with van der Waals surface area (Å²) in [7, 11) is 0. The molecule has 4 heteroatoms. The molecule has 0 saturated heterocycles. The highest BCUT2D eigenvalue weighted by molar-refractivity contribution is 5.53. The standard InChI is InChI=1S/C38H46N2O2/c1-36(2,3)32-24-26(10-20-34(32)41-30-16-12-28(39)13-17-30)38(22-8-7-9-23-38)27-11-21-35(33(25-27)37(4,5)6)42-31-18-14-29(40)15-19-31/h10-21,24-25H,7-9,22-23,39-40H2,1-6H3. The molecule has 1 saturated carbocycles. The Bertz CT molecular complexity index is 1410. The molecule has 0 aromatic heterocycles. The van der Waals surface area contributed by atoms with Crippen molar-refractivity contribution in [2.45, 2.75) is 89.9 Å². The lowest BCUT2D eigenvalue weighted by atomic mass is 9.64. The van der Waals surface area contributed by atoms with Crippen LogP contribution in [0.1, 0.15) is 95.9 Å².